The molecule has 0 spiro atoms. The van der Waals surface area contributed by atoms with E-state index in [1.165, 1.54) is 0 Å². The highest BCUT2D eigenvalue weighted by Gasteiger charge is 2.42. The number of nitrogens with one attached hydrogen (secondary N) is 1. The lowest BCUT2D eigenvalue weighted by Gasteiger charge is -2.42. The molecule has 2 heterocycles. The summed E-state index contributed by atoms with van der Waals surface area (Å²) in [6.45, 7) is 0.328. The van der Waals surface area contributed by atoms with E-state index in [4.69, 9.17) is 0 Å². The maximum atomic E-state index is 12.6. The van der Waals surface area contributed by atoms with E-state index in [-0.39, 0.29) is 29.1 Å². The largest absolute Gasteiger partial charge is 0.333 e. The Morgan fingerprint density at radius 1 is 1.43 bits per heavy atom. The van der Waals surface area contributed by atoms with Crippen LogP contribution in [-0.4, -0.2) is 44.3 Å². The number of rotatable bonds is 2. The van der Waals surface area contributed by atoms with Gasteiger partial charge in [-0.05, 0) is 12.8 Å². The van der Waals surface area contributed by atoms with Crippen molar-refractivity contribution >= 4 is 17.4 Å². The number of amides is 1. The molecule has 1 saturated carbocycles. The molecule has 1 amide bonds. The van der Waals surface area contributed by atoms with Crippen molar-refractivity contribution in [3.63, 3.8) is 0 Å². The van der Waals surface area contributed by atoms with Crippen LogP contribution in [0, 0.1) is 16.0 Å². The van der Waals surface area contributed by atoms with Gasteiger partial charge in [-0.15, -0.1) is 0 Å². The van der Waals surface area contributed by atoms with E-state index >= 15 is 0 Å². The molecule has 1 aromatic rings. The maximum absolute atomic E-state index is 12.6. The lowest BCUT2D eigenvalue weighted by Crippen LogP contribution is -2.53. The number of nitrogens with zero attached hydrogens (tertiary/aromatic N) is 3. The quantitative estimate of drug-likeness (QED) is 0.652. The summed E-state index contributed by atoms with van der Waals surface area (Å²) in [4.78, 5) is 36.5. The number of ketones is 1. The molecule has 8 heteroatoms. The number of piperidine rings is 1. The zero-order valence-corrected chi connectivity index (χ0v) is 11.4. The Kier molecular flexibility index (Phi) is 3.44. The second kappa shape index (κ2) is 5.27. The van der Waals surface area contributed by atoms with Gasteiger partial charge in [0, 0.05) is 24.9 Å². The summed E-state index contributed by atoms with van der Waals surface area (Å²) in [6.07, 6.45) is 4.93. The molecular weight excluding hydrogens is 276 g/mol. The Morgan fingerprint density at radius 2 is 2.19 bits per heavy atom. The van der Waals surface area contributed by atoms with Gasteiger partial charge >= 0.3 is 5.69 Å². The lowest BCUT2D eigenvalue weighted by molar-refractivity contribution is -0.385. The van der Waals surface area contributed by atoms with Gasteiger partial charge in [0.05, 0.1) is 4.92 Å². The van der Waals surface area contributed by atoms with E-state index in [2.05, 4.69) is 10.2 Å². The van der Waals surface area contributed by atoms with Crippen molar-refractivity contribution in [2.75, 3.05) is 6.54 Å². The third kappa shape index (κ3) is 2.30. The van der Waals surface area contributed by atoms with Gasteiger partial charge in [0.1, 0.15) is 12.0 Å². The molecule has 0 unspecified atom stereocenters. The van der Waals surface area contributed by atoms with Crippen LogP contribution >= 0.6 is 0 Å². The minimum Gasteiger partial charge on any atom is -0.333 e. The zero-order chi connectivity index (χ0) is 15.0. The van der Waals surface area contributed by atoms with Gasteiger partial charge in [-0.3, -0.25) is 24.8 Å². The van der Waals surface area contributed by atoms with E-state index in [1.807, 2.05) is 0 Å². The third-order valence-electron chi connectivity index (χ3n) is 4.43. The standard InChI is InChI=1S/C13H16N4O4/c18-11-5-6-16(9-4-2-1-3-8(9)11)13(19)12-10(17(20)21)7-14-15-12/h7-9H,1-6H2,(H,14,15)/t8-,9-/m0/s1. The molecule has 1 aromatic heterocycles. The Hall–Kier alpha value is -2.25. The minimum atomic E-state index is -0.621. The van der Waals surface area contributed by atoms with Crippen LogP contribution in [0.5, 0.6) is 0 Å². The number of carbonyl (C=O) groups excluding carboxylic acids is 2. The number of H-pyrrole nitrogens is 1. The normalized spacial score (nSPS) is 25.5. The summed E-state index contributed by atoms with van der Waals surface area (Å²) in [5.41, 5.74) is -0.414. The number of hydrogen-bond donors (Lipinski definition) is 1. The first-order valence-corrected chi connectivity index (χ1v) is 7.11. The molecule has 2 fully saturated rings. The predicted octanol–water partition coefficient (Wildman–Crippen LogP) is 1.29. The summed E-state index contributed by atoms with van der Waals surface area (Å²) in [5, 5.41) is 16.9. The molecule has 2 atom stereocenters. The average molecular weight is 292 g/mol. The molecule has 1 aliphatic heterocycles. The van der Waals surface area contributed by atoms with Gasteiger partial charge in [0.15, 0.2) is 0 Å². The second-order valence-electron chi connectivity index (χ2n) is 5.56. The first kappa shape index (κ1) is 13.7. The zero-order valence-electron chi connectivity index (χ0n) is 11.4. The second-order valence-corrected chi connectivity index (χ2v) is 5.56. The van der Waals surface area contributed by atoms with Crippen LogP contribution in [0.1, 0.15) is 42.6 Å². The fourth-order valence-electron chi connectivity index (χ4n) is 3.41. The number of Topliss-reactive ketones (excluding diaryl/α,β-unsaturated/α-hetero) is 1. The summed E-state index contributed by atoms with van der Waals surface area (Å²) < 4.78 is 0. The molecule has 0 radical (unpaired) electrons. The minimum absolute atomic E-state index is 0.0985. The lowest BCUT2D eigenvalue weighted by atomic mass is 9.77. The van der Waals surface area contributed by atoms with Crippen LogP contribution in [0.15, 0.2) is 6.20 Å². The Labute approximate surface area is 120 Å². The van der Waals surface area contributed by atoms with Crippen molar-refractivity contribution in [3.05, 3.63) is 22.0 Å². The molecule has 112 valence electrons. The number of aromatic amines is 1. The number of hydrogen-bond acceptors (Lipinski definition) is 5. The van der Waals surface area contributed by atoms with Crippen LogP contribution in [-0.2, 0) is 4.79 Å². The molecule has 1 saturated heterocycles. The first-order chi connectivity index (χ1) is 10.1. The predicted molar refractivity (Wildman–Crippen MR) is 71.6 cm³/mol. The molecule has 2 aliphatic rings. The van der Waals surface area contributed by atoms with Crippen LogP contribution in [0.4, 0.5) is 5.69 Å². The molecule has 3 rings (SSSR count). The fraction of sp³-hybridized carbons (Fsp3) is 0.615. The molecule has 8 nitrogen and oxygen atoms in total. The Morgan fingerprint density at radius 3 is 2.95 bits per heavy atom. The Bertz CT molecular complexity index is 597. The van der Waals surface area contributed by atoms with Crippen molar-refractivity contribution in [1.82, 2.24) is 15.1 Å². The molecule has 0 bridgehead atoms. The van der Waals surface area contributed by atoms with Gasteiger partial charge in [-0.25, -0.2) is 0 Å². The highest BCUT2D eigenvalue weighted by molar-refractivity contribution is 5.97. The SMILES string of the molecule is O=C1CCN(C(=O)c2[nH]ncc2[N+](=O)[O-])[C@H]2CCCC[C@H]12. The summed E-state index contributed by atoms with van der Waals surface area (Å²) >= 11 is 0. The number of likely N-dealkylation sites (tertiary alicyclic amines) is 1. The van der Waals surface area contributed by atoms with Gasteiger partial charge in [0.2, 0.25) is 5.69 Å². The smallest absolute Gasteiger partial charge is 0.319 e. The molecule has 21 heavy (non-hydrogen) atoms. The van der Waals surface area contributed by atoms with Crippen molar-refractivity contribution in [3.8, 4) is 0 Å². The van der Waals surface area contributed by atoms with Crippen LogP contribution in [0.2, 0.25) is 0 Å². The van der Waals surface area contributed by atoms with Gasteiger partial charge in [-0.1, -0.05) is 12.8 Å². The molecular formula is C13H16N4O4. The molecule has 0 aromatic carbocycles. The molecule has 1 N–H and O–H groups in total. The number of nitro groups is 1. The van der Waals surface area contributed by atoms with E-state index < -0.39 is 10.8 Å². The van der Waals surface area contributed by atoms with Gasteiger partial charge in [-0.2, -0.15) is 5.10 Å². The van der Waals surface area contributed by atoms with Gasteiger partial charge < -0.3 is 4.90 Å². The fourth-order valence-corrected chi connectivity index (χ4v) is 3.41. The number of carbonyl (C=O) groups is 2. The van der Waals surface area contributed by atoms with Crippen molar-refractivity contribution < 1.29 is 14.5 Å². The maximum Gasteiger partial charge on any atom is 0.319 e. The molecule has 1 aliphatic carbocycles. The van der Waals surface area contributed by atoms with Crippen LogP contribution in [0.25, 0.3) is 0 Å². The monoisotopic (exact) mass is 292 g/mol. The third-order valence-corrected chi connectivity index (χ3v) is 4.43. The number of fused-ring (bicyclic) bond motifs is 1. The van der Waals surface area contributed by atoms with Crippen molar-refractivity contribution in [2.24, 2.45) is 5.92 Å². The van der Waals surface area contributed by atoms with E-state index in [0.717, 1.165) is 31.9 Å². The van der Waals surface area contributed by atoms with Crippen LogP contribution in [0.3, 0.4) is 0 Å². The summed E-state index contributed by atoms with van der Waals surface area (Å²) in [5.74, 6) is -0.329. The summed E-state index contributed by atoms with van der Waals surface area (Å²) in [7, 11) is 0. The van der Waals surface area contributed by atoms with Crippen molar-refractivity contribution in [2.45, 2.75) is 38.1 Å². The first-order valence-electron chi connectivity index (χ1n) is 7.11. The highest BCUT2D eigenvalue weighted by atomic mass is 16.6. The topological polar surface area (TPSA) is 109 Å². The van der Waals surface area contributed by atoms with E-state index in [0.29, 0.717) is 13.0 Å². The highest BCUT2D eigenvalue weighted by Crippen LogP contribution is 2.34. The Balaban J connectivity index is 1.88. The van der Waals surface area contributed by atoms with E-state index in [1.54, 1.807) is 4.90 Å². The number of aromatic nitrogens is 2. The average Bonchev–Trinajstić information content (AvgIpc) is 2.97. The van der Waals surface area contributed by atoms with Crippen molar-refractivity contribution in [1.29, 1.82) is 0 Å². The van der Waals surface area contributed by atoms with E-state index in [9.17, 15) is 19.7 Å². The van der Waals surface area contributed by atoms with Crippen LogP contribution < -0.4 is 0 Å². The summed E-state index contributed by atoms with van der Waals surface area (Å²) in [6, 6.07) is -0.129. The van der Waals surface area contributed by atoms with Gasteiger partial charge in [0.25, 0.3) is 5.91 Å².